The molecule has 2 aliphatic rings. The smallest absolute Gasteiger partial charge is 0.277 e. The van der Waals surface area contributed by atoms with Crippen molar-refractivity contribution in [3.8, 4) is 11.5 Å². The molecule has 2 saturated carbocycles. The van der Waals surface area contributed by atoms with Crippen LogP contribution in [-0.2, 0) is 15.6 Å². The second kappa shape index (κ2) is 8.80. The topological polar surface area (TPSA) is 76.7 Å². The Labute approximate surface area is 163 Å². The summed E-state index contributed by atoms with van der Waals surface area (Å²) >= 11 is 0. The lowest BCUT2D eigenvalue weighted by Gasteiger charge is -2.38. The summed E-state index contributed by atoms with van der Waals surface area (Å²) in [6.07, 6.45) is 9.40. The van der Waals surface area contributed by atoms with Crippen molar-refractivity contribution >= 4 is 10.2 Å². The standard InChI is InChI=1S/C20H32N2O4S/c1-25-18-11-10-16(14-19(18)26-2)20(12-6-3-7-13-20)15-21-27(23,24)22-17-8-4-5-9-17/h10-11,14,17,21-22H,3-9,12-13,15H2,1-2H3. The van der Waals surface area contributed by atoms with E-state index in [1.54, 1.807) is 14.2 Å². The summed E-state index contributed by atoms with van der Waals surface area (Å²) in [5, 5.41) is 0. The van der Waals surface area contributed by atoms with Crippen LogP contribution in [0.4, 0.5) is 0 Å². The Morgan fingerprint density at radius 3 is 2.30 bits per heavy atom. The van der Waals surface area contributed by atoms with Crippen LogP contribution in [0.2, 0.25) is 0 Å². The van der Waals surface area contributed by atoms with E-state index in [4.69, 9.17) is 9.47 Å². The van der Waals surface area contributed by atoms with Crippen molar-refractivity contribution < 1.29 is 17.9 Å². The molecule has 0 aliphatic heterocycles. The minimum Gasteiger partial charge on any atom is -0.493 e. The van der Waals surface area contributed by atoms with Crippen molar-refractivity contribution in [3.63, 3.8) is 0 Å². The number of methoxy groups -OCH3 is 2. The summed E-state index contributed by atoms with van der Waals surface area (Å²) in [7, 11) is -0.245. The Hall–Kier alpha value is -1.31. The van der Waals surface area contributed by atoms with Crippen molar-refractivity contribution in [2.75, 3.05) is 20.8 Å². The van der Waals surface area contributed by atoms with Crippen molar-refractivity contribution in [1.29, 1.82) is 0 Å². The number of ether oxygens (including phenoxy) is 2. The molecule has 2 N–H and O–H groups in total. The molecule has 0 spiro atoms. The van der Waals surface area contributed by atoms with Gasteiger partial charge in [0.1, 0.15) is 0 Å². The first kappa shape index (κ1) is 20.4. The number of nitrogens with one attached hydrogen (secondary N) is 2. The molecule has 0 atom stereocenters. The second-order valence-corrected chi connectivity index (χ2v) is 9.37. The molecule has 2 aliphatic carbocycles. The quantitative estimate of drug-likeness (QED) is 0.707. The van der Waals surface area contributed by atoms with Gasteiger partial charge < -0.3 is 9.47 Å². The molecule has 0 amide bonds. The predicted octanol–water partition coefficient (Wildman–Crippen LogP) is 3.27. The van der Waals surface area contributed by atoms with Crippen molar-refractivity contribution in [2.24, 2.45) is 0 Å². The minimum absolute atomic E-state index is 0.0749. The molecule has 0 radical (unpaired) electrons. The van der Waals surface area contributed by atoms with E-state index >= 15 is 0 Å². The highest BCUT2D eigenvalue weighted by molar-refractivity contribution is 7.87. The maximum Gasteiger partial charge on any atom is 0.277 e. The minimum atomic E-state index is -3.49. The molecule has 6 nitrogen and oxygen atoms in total. The first-order valence-corrected chi connectivity index (χ1v) is 11.5. The van der Waals surface area contributed by atoms with Crippen molar-refractivity contribution in [3.05, 3.63) is 23.8 Å². The summed E-state index contributed by atoms with van der Waals surface area (Å²) in [4.78, 5) is 0. The fourth-order valence-corrected chi connectivity index (χ4v) is 5.72. The van der Waals surface area contributed by atoms with E-state index in [2.05, 4.69) is 9.44 Å². The Morgan fingerprint density at radius 1 is 1.00 bits per heavy atom. The fraction of sp³-hybridized carbons (Fsp3) is 0.700. The maximum atomic E-state index is 12.6. The van der Waals surface area contributed by atoms with Gasteiger partial charge in [0.15, 0.2) is 11.5 Å². The lowest BCUT2D eigenvalue weighted by Crippen LogP contribution is -2.48. The van der Waals surface area contributed by atoms with E-state index in [9.17, 15) is 8.42 Å². The lowest BCUT2D eigenvalue weighted by molar-refractivity contribution is 0.289. The van der Waals surface area contributed by atoms with Gasteiger partial charge in [0, 0.05) is 18.0 Å². The summed E-state index contributed by atoms with van der Waals surface area (Å²) in [5.74, 6) is 1.38. The third-order valence-corrected chi connectivity index (χ3v) is 7.25. The predicted molar refractivity (Wildman–Crippen MR) is 107 cm³/mol. The van der Waals surface area contributed by atoms with Crippen LogP contribution < -0.4 is 18.9 Å². The molecular weight excluding hydrogens is 364 g/mol. The van der Waals surface area contributed by atoms with Crippen LogP contribution in [0, 0.1) is 0 Å². The van der Waals surface area contributed by atoms with Gasteiger partial charge in [-0.05, 0) is 43.4 Å². The van der Waals surface area contributed by atoms with Crippen LogP contribution in [0.15, 0.2) is 18.2 Å². The van der Waals surface area contributed by atoms with E-state index in [0.29, 0.717) is 18.0 Å². The van der Waals surface area contributed by atoms with Crippen LogP contribution >= 0.6 is 0 Å². The van der Waals surface area contributed by atoms with Gasteiger partial charge in [-0.15, -0.1) is 0 Å². The van der Waals surface area contributed by atoms with Gasteiger partial charge in [0.2, 0.25) is 0 Å². The average Bonchev–Trinajstić information content (AvgIpc) is 3.19. The van der Waals surface area contributed by atoms with Gasteiger partial charge in [-0.1, -0.05) is 38.2 Å². The first-order valence-electron chi connectivity index (χ1n) is 9.97. The molecule has 0 unspecified atom stereocenters. The lowest BCUT2D eigenvalue weighted by atomic mass is 9.69. The zero-order chi connectivity index (χ0) is 19.3. The Balaban J connectivity index is 1.78. The number of hydrogen-bond donors (Lipinski definition) is 2. The highest BCUT2D eigenvalue weighted by Gasteiger charge is 2.36. The van der Waals surface area contributed by atoms with Gasteiger partial charge in [-0.2, -0.15) is 13.1 Å². The molecule has 27 heavy (non-hydrogen) atoms. The van der Waals surface area contributed by atoms with Crippen LogP contribution in [0.3, 0.4) is 0 Å². The largest absolute Gasteiger partial charge is 0.493 e. The number of rotatable bonds is 8. The third-order valence-electron chi connectivity index (χ3n) is 6.08. The first-order chi connectivity index (χ1) is 13.0. The molecule has 0 heterocycles. The summed E-state index contributed by atoms with van der Waals surface area (Å²) in [6.45, 7) is 0.407. The normalized spacial score (nSPS) is 20.5. The Kier molecular flexibility index (Phi) is 6.65. The average molecular weight is 397 g/mol. The highest BCUT2D eigenvalue weighted by atomic mass is 32.2. The molecule has 3 rings (SSSR count). The van der Waals surface area contributed by atoms with Gasteiger partial charge in [0.25, 0.3) is 10.2 Å². The van der Waals surface area contributed by atoms with Crippen LogP contribution in [0.5, 0.6) is 11.5 Å². The summed E-state index contributed by atoms with van der Waals surface area (Å²) in [6, 6.07) is 6.04. The molecule has 152 valence electrons. The molecule has 0 bridgehead atoms. The Morgan fingerprint density at radius 2 is 1.67 bits per heavy atom. The maximum absolute atomic E-state index is 12.6. The van der Waals surface area contributed by atoms with E-state index in [-0.39, 0.29) is 11.5 Å². The van der Waals surface area contributed by atoms with Gasteiger partial charge in [0.05, 0.1) is 14.2 Å². The van der Waals surface area contributed by atoms with Crippen molar-refractivity contribution in [1.82, 2.24) is 9.44 Å². The van der Waals surface area contributed by atoms with Crippen LogP contribution in [-0.4, -0.2) is 35.2 Å². The van der Waals surface area contributed by atoms with E-state index in [0.717, 1.165) is 56.9 Å². The number of benzene rings is 1. The third kappa shape index (κ3) is 4.95. The second-order valence-electron chi connectivity index (χ2n) is 7.83. The SMILES string of the molecule is COc1ccc(C2(CNS(=O)(=O)NC3CCCC3)CCCCC2)cc1OC. The van der Waals surface area contributed by atoms with Gasteiger partial charge in [-0.3, -0.25) is 0 Å². The molecule has 1 aromatic rings. The Bertz CT molecular complexity index is 723. The van der Waals surface area contributed by atoms with Gasteiger partial charge >= 0.3 is 0 Å². The van der Waals surface area contributed by atoms with E-state index in [1.165, 1.54) is 6.42 Å². The summed E-state index contributed by atoms with van der Waals surface area (Å²) < 4.78 is 41.6. The molecule has 0 saturated heterocycles. The van der Waals surface area contributed by atoms with E-state index in [1.807, 2.05) is 18.2 Å². The van der Waals surface area contributed by atoms with Gasteiger partial charge in [-0.25, -0.2) is 4.72 Å². The zero-order valence-electron chi connectivity index (χ0n) is 16.4. The van der Waals surface area contributed by atoms with E-state index < -0.39 is 10.2 Å². The number of hydrogen-bond acceptors (Lipinski definition) is 4. The summed E-state index contributed by atoms with van der Waals surface area (Å²) in [5.41, 5.74) is 0.908. The van der Waals surface area contributed by atoms with Crippen LogP contribution in [0.25, 0.3) is 0 Å². The molecule has 2 fully saturated rings. The molecule has 0 aromatic heterocycles. The fourth-order valence-electron chi connectivity index (χ4n) is 4.50. The molecular formula is C20H32N2O4S. The van der Waals surface area contributed by atoms with Crippen molar-refractivity contribution in [2.45, 2.75) is 69.2 Å². The highest BCUT2D eigenvalue weighted by Crippen LogP contribution is 2.42. The molecule has 7 heteroatoms. The van der Waals surface area contributed by atoms with Crippen LogP contribution in [0.1, 0.15) is 63.4 Å². The zero-order valence-corrected chi connectivity index (χ0v) is 17.2. The molecule has 1 aromatic carbocycles. The monoisotopic (exact) mass is 396 g/mol.